The van der Waals surface area contributed by atoms with E-state index in [2.05, 4.69) is 10.0 Å². The number of sulfonamides is 1. The zero-order valence-electron chi connectivity index (χ0n) is 15.7. The third-order valence-corrected chi connectivity index (χ3v) is 5.80. The Morgan fingerprint density at radius 3 is 2.33 bits per heavy atom. The van der Waals surface area contributed by atoms with Gasteiger partial charge in [0.1, 0.15) is 0 Å². The summed E-state index contributed by atoms with van der Waals surface area (Å²) in [6.45, 7) is 5.42. The first-order chi connectivity index (χ1) is 12.9. The lowest BCUT2D eigenvalue weighted by atomic mass is 10.0. The van der Waals surface area contributed by atoms with Crippen LogP contribution in [0.25, 0.3) is 0 Å². The van der Waals surface area contributed by atoms with Crippen LogP contribution in [0.4, 0.5) is 4.79 Å². The summed E-state index contributed by atoms with van der Waals surface area (Å²) in [5.41, 5.74) is 0.400. The van der Waals surface area contributed by atoms with Crippen molar-refractivity contribution in [2.45, 2.75) is 44.0 Å². The Bertz CT molecular complexity index is 741. The summed E-state index contributed by atoms with van der Waals surface area (Å²) < 4.78 is 31.6. The number of hydrogen-bond donors (Lipinski definition) is 2. The highest BCUT2D eigenvalue weighted by molar-refractivity contribution is 7.89. The summed E-state index contributed by atoms with van der Waals surface area (Å²) >= 11 is 0. The summed E-state index contributed by atoms with van der Waals surface area (Å²) in [6.07, 6.45) is 1.68. The maximum absolute atomic E-state index is 12.4. The highest BCUT2D eigenvalue weighted by atomic mass is 32.2. The minimum Gasteiger partial charge on any atom is -0.450 e. The third-order valence-electron chi connectivity index (χ3n) is 4.33. The quantitative estimate of drug-likeness (QED) is 0.729. The first-order valence-electron chi connectivity index (χ1n) is 9.19. The fourth-order valence-corrected chi connectivity index (χ4v) is 3.93. The third kappa shape index (κ3) is 5.93. The summed E-state index contributed by atoms with van der Waals surface area (Å²) in [6, 6.07) is 5.83. The Balaban J connectivity index is 1.89. The number of piperidine rings is 1. The van der Waals surface area contributed by atoms with E-state index in [1.165, 1.54) is 24.3 Å². The van der Waals surface area contributed by atoms with Gasteiger partial charge in [0.05, 0.1) is 11.5 Å². The number of nitrogens with zero attached hydrogens (tertiary/aromatic N) is 1. The fourth-order valence-electron chi connectivity index (χ4n) is 2.80. The molecule has 2 amide bonds. The van der Waals surface area contributed by atoms with Gasteiger partial charge in [-0.05, 0) is 50.5 Å². The molecule has 0 radical (unpaired) electrons. The van der Waals surface area contributed by atoms with E-state index in [9.17, 15) is 18.0 Å². The molecule has 0 spiro atoms. The van der Waals surface area contributed by atoms with Crippen LogP contribution in [0.3, 0.4) is 0 Å². The van der Waals surface area contributed by atoms with Gasteiger partial charge in [-0.25, -0.2) is 17.9 Å². The SMILES string of the molecule is CCCNS(=O)(=O)c1ccc(C(=O)NC2CCN(C(=O)OCC)CC2)cc1. The molecule has 2 N–H and O–H groups in total. The van der Waals surface area contributed by atoms with Crippen LogP contribution in [0.15, 0.2) is 29.2 Å². The largest absolute Gasteiger partial charge is 0.450 e. The molecule has 0 saturated carbocycles. The number of nitrogens with one attached hydrogen (secondary N) is 2. The zero-order chi connectivity index (χ0) is 19.9. The van der Waals surface area contributed by atoms with E-state index in [0.29, 0.717) is 51.1 Å². The smallest absolute Gasteiger partial charge is 0.409 e. The molecule has 1 fully saturated rings. The molecule has 1 aromatic rings. The topological polar surface area (TPSA) is 105 Å². The number of ether oxygens (including phenoxy) is 1. The molecular weight excluding hydrogens is 370 g/mol. The van der Waals surface area contributed by atoms with Crippen LogP contribution >= 0.6 is 0 Å². The average Bonchev–Trinajstić information content (AvgIpc) is 2.67. The van der Waals surface area contributed by atoms with Crippen molar-refractivity contribution in [2.75, 3.05) is 26.2 Å². The number of carbonyl (C=O) groups is 2. The first kappa shape index (κ1) is 21.2. The number of benzene rings is 1. The summed E-state index contributed by atoms with van der Waals surface area (Å²) in [4.78, 5) is 25.8. The second kappa shape index (κ2) is 9.70. The van der Waals surface area contributed by atoms with Gasteiger partial charge in [0.2, 0.25) is 10.0 Å². The van der Waals surface area contributed by atoms with E-state index >= 15 is 0 Å². The lowest BCUT2D eigenvalue weighted by molar-refractivity contribution is 0.0860. The number of hydrogen-bond acceptors (Lipinski definition) is 5. The van der Waals surface area contributed by atoms with Gasteiger partial charge in [0.25, 0.3) is 5.91 Å². The van der Waals surface area contributed by atoms with Gasteiger partial charge in [0, 0.05) is 31.2 Å². The van der Waals surface area contributed by atoms with Crippen LogP contribution in [0.5, 0.6) is 0 Å². The summed E-state index contributed by atoms with van der Waals surface area (Å²) in [5.74, 6) is -0.255. The molecule has 1 aliphatic heterocycles. The molecule has 1 saturated heterocycles. The highest BCUT2D eigenvalue weighted by Gasteiger charge is 2.25. The molecule has 0 aliphatic carbocycles. The monoisotopic (exact) mass is 397 g/mol. The Hall–Kier alpha value is -2.13. The van der Waals surface area contributed by atoms with E-state index in [1.807, 2.05) is 6.92 Å². The normalized spacial score (nSPS) is 15.4. The summed E-state index contributed by atoms with van der Waals surface area (Å²) in [7, 11) is -3.54. The number of likely N-dealkylation sites (tertiary alicyclic amines) is 1. The van der Waals surface area contributed by atoms with E-state index in [0.717, 1.165) is 0 Å². The highest BCUT2D eigenvalue weighted by Crippen LogP contribution is 2.14. The van der Waals surface area contributed by atoms with Crippen molar-refractivity contribution in [3.63, 3.8) is 0 Å². The molecule has 1 aliphatic rings. The Labute approximate surface area is 160 Å². The van der Waals surface area contributed by atoms with Gasteiger partial charge in [-0.3, -0.25) is 4.79 Å². The second-order valence-corrected chi connectivity index (χ2v) is 8.12. The van der Waals surface area contributed by atoms with Crippen molar-refractivity contribution < 1.29 is 22.7 Å². The van der Waals surface area contributed by atoms with Crippen LogP contribution in [0.2, 0.25) is 0 Å². The Kier molecular flexibility index (Phi) is 7.61. The lowest BCUT2D eigenvalue weighted by Crippen LogP contribution is -2.46. The van der Waals surface area contributed by atoms with Gasteiger partial charge in [0.15, 0.2) is 0 Å². The molecule has 1 aromatic carbocycles. The molecule has 2 rings (SSSR count). The van der Waals surface area contributed by atoms with Crippen LogP contribution in [-0.4, -0.2) is 57.6 Å². The number of carbonyl (C=O) groups excluding carboxylic acids is 2. The number of rotatable bonds is 7. The van der Waals surface area contributed by atoms with Gasteiger partial charge in [-0.15, -0.1) is 0 Å². The van der Waals surface area contributed by atoms with Crippen LogP contribution in [0.1, 0.15) is 43.5 Å². The second-order valence-electron chi connectivity index (χ2n) is 6.36. The van der Waals surface area contributed by atoms with Crippen molar-refractivity contribution in [1.82, 2.24) is 14.9 Å². The van der Waals surface area contributed by atoms with Gasteiger partial charge in [-0.1, -0.05) is 6.92 Å². The van der Waals surface area contributed by atoms with Crippen molar-refractivity contribution in [1.29, 1.82) is 0 Å². The van der Waals surface area contributed by atoms with E-state index in [4.69, 9.17) is 4.74 Å². The predicted octanol–water partition coefficient (Wildman–Crippen LogP) is 1.73. The van der Waals surface area contributed by atoms with Crippen molar-refractivity contribution in [3.05, 3.63) is 29.8 Å². The maximum atomic E-state index is 12.4. The lowest BCUT2D eigenvalue weighted by Gasteiger charge is -2.31. The van der Waals surface area contributed by atoms with Gasteiger partial charge < -0.3 is 15.0 Å². The average molecular weight is 397 g/mol. The molecule has 150 valence electrons. The maximum Gasteiger partial charge on any atom is 0.409 e. The van der Waals surface area contributed by atoms with Gasteiger partial charge in [-0.2, -0.15) is 0 Å². The fraction of sp³-hybridized carbons (Fsp3) is 0.556. The summed E-state index contributed by atoms with van der Waals surface area (Å²) in [5, 5.41) is 2.94. The van der Waals surface area contributed by atoms with Crippen LogP contribution in [-0.2, 0) is 14.8 Å². The molecule has 27 heavy (non-hydrogen) atoms. The predicted molar refractivity (Wildman–Crippen MR) is 101 cm³/mol. The van der Waals surface area contributed by atoms with Gasteiger partial charge >= 0.3 is 6.09 Å². The minimum atomic E-state index is -3.54. The Morgan fingerprint density at radius 2 is 1.78 bits per heavy atom. The van der Waals surface area contributed by atoms with E-state index in [-0.39, 0.29) is 22.9 Å². The van der Waals surface area contributed by atoms with Crippen molar-refractivity contribution in [2.24, 2.45) is 0 Å². The standard InChI is InChI=1S/C18H27N3O5S/c1-3-11-19-27(24,25)16-7-5-14(6-8-16)17(22)20-15-9-12-21(13-10-15)18(23)26-4-2/h5-8,15,19H,3-4,9-13H2,1-2H3,(H,20,22). The molecule has 0 unspecified atom stereocenters. The first-order valence-corrected chi connectivity index (χ1v) is 10.7. The number of amides is 2. The zero-order valence-corrected chi connectivity index (χ0v) is 16.5. The molecule has 8 nitrogen and oxygen atoms in total. The van der Waals surface area contributed by atoms with E-state index in [1.54, 1.807) is 11.8 Å². The molecule has 0 aromatic heterocycles. The molecular formula is C18H27N3O5S. The minimum absolute atomic E-state index is 0.0298. The van der Waals surface area contributed by atoms with Crippen LogP contribution in [0, 0.1) is 0 Å². The molecule has 9 heteroatoms. The molecule has 0 bridgehead atoms. The van der Waals surface area contributed by atoms with Crippen LogP contribution < -0.4 is 10.0 Å². The Morgan fingerprint density at radius 1 is 1.15 bits per heavy atom. The van der Waals surface area contributed by atoms with Crippen molar-refractivity contribution >= 4 is 22.0 Å². The van der Waals surface area contributed by atoms with E-state index < -0.39 is 10.0 Å². The molecule has 1 heterocycles. The van der Waals surface area contributed by atoms with Crippen molar-refractivity contribution in [3.8, 4) is 0 Å². The molecule has 0 atom stereocenters.